The smallest absolute Gasteiger partial charge is 0.462 e. The van der Waals surface area contributed by atoms with Gasteiger partial charge in [-0.2, -0.15) is 0 Å². The van der Waals surface area contributed by atoms with Gasteiger partial charge in [-0.1, -0.05) is 153 Å². The summed E-state index contributed by atoms with van der Waals surface area (Å²) in [6, 6.07) is 0. The second kappa shape index (κ2) is 37.4. The molecule has 6 unspecified atom stereocenters. The van der Waals surface area contributed by atoms with Gasteiger partial charge in [-0.15, -0.1) is 0 Å². The van der Waals surface area contributed by atoms with Gasteiger partial charge in [-0.3, -0.25) is 18.6 Å². The average molecular weight is 889 g/mol. The van der Waals surface area contributed by atoms with Crippen molar-refractivity contribution in [3.63, 3.8) is 0 Å². The van der Waals surface area contributed by atoms with Crippen LogP contribution in [0.3, 0.4) is 0 Å². The van der Waals surface area contributed by atoms with Crippen molar-refractivity contribution in [3.8, 4) is 0 Å². The molecule has 0 aromatic heterocycles. The number of hydrogen-bond donors (Lipinski definition) is 6. The van der Waals surface area contributed by atoms with E-state index in [0.29, 0.717) is 12.8 Å². The van der Waals surface area contributed by atoms with Gasteiger partial charge < -0.3 is 39.9 Å². The molecule has 1 fully saturated rings. The Hall–Kier alpha value is -1.93. The lowest BCUT2D eigenvalue weighted by Crippen LogP contribution is -2.64. The normalized spacial score (nSPS) is 22.3. The van der Waals surface area contributed by atoms with E-state index in [2.05, 4.69) is 50.3 Å². The summed E-state index contributed by atoms with van der Waals surface area (Å²) in [5, 5.41) is 50.2. The summed E-state index contributed by atoms with van der Waals surface area (Å²) < 4.78 is 33.5. The van der Waals surface area contributed by atoms with Crippen LogP contribution < -0.4 is 0 Å². The molecule has 8 atom stereocenters. The van der Waals surface area contributed by atoms with E-state index in [-0.39, 0.29) is 12.8 Å². The van der Waals surface area contributed by atoms with Crippen LogP contribution in [0, 0.1) is 0 Å². The maximum absolute atomic E-state index is 12.8. The number of aliphatic hydroxyl groups is 5. The fourth-order valence-electron chi connectivity index (χ4n) is 7.06. The van der Waals surface area contributed by atoms with Gasteiger partial charge in [0.1, 0.15) is 43.2 Å². The van der Waals surface area contributed by atoms with Gasteiger partial charge in [0, 0.05) is 12.8 Å². The Bertz CT molecular complexity index is 1210. The SMILES string of the molecule is CCCC/C=C/CCCCCCCCCCCC(=O)O[C@@H](COC(=O)CCCCCCCCC/C=C/C/C=C/CCCCC)COP(=O)(O)OC1C(O)C(O)C(O)[C@H](O)C1O. The molecule has 0 aliphatic heterocycles. The number of carbonyl (C=O) groups is 2. The van der Waals surface area contributed by atoms with E-state index >= 15 is 0 Å². The fourth-order valence-corrected chi connectivity index (χ4v) is 8.04. The maximum Gasteiger partial charge on any atom is 0.472 e. The molecule has 1 aliphatic carbocycles. The zero-order valence-electron chi connectivity index (χ0n) is 37.7. The largest absolute Gasteiger partial charge is 0.472 e. The molecule has 6 N–H and O–H groups in total. The van der Waals surface area contributed by atoms with Crippen molar-refractivity contribution < 1.29 is 63.1 Å². The minimum atomic E-state index is -5.12. The molecule has 0 amide bonds. The van der Waals surface area contributed by atoms with Crippen LogP contribution in [-0.2, 0) is 32.7 Å². The highest BCUT2D eigenvalue weighted by Gasteiger charge is 2.51. The Labute approximate surface area is 368 Å². The quantitative estimate of drug-likeness (QED) is 0.0147. The van der Waals surface area contributed by atoms with E-state index in [1.165, 1.54) is 77.0 Å². The van der Waals surface area contributed by atoms with Crippen LogP contribution in [0.2, 0.25) is 0 Å². The maximum atomic E-state index is 12.8. The summed E-state index contributed by atoms with van der Waals surface area (Å²) in [5.41, 5.74) is 0. The predicted molar refractivity (Wildman–Crippen MR) is 240 cm³/mol. The van der Waals surface area contributed by atoms with E-state index < -0.39 is 75.7 Å². The molecular weight excluding hydrogens is 803 g/mol. The first kappa shape index (κ1) is 57.1. The van der Waals surface area contributed by atoms with Crippen LogP contribution in [0.25, 0.3) is 0 Å². The molecule has 13 nitrogen and oxygen atoms in total. The molecule has 1 rings (SSSR count). The lowest BCUT2D eigenvalue weighted by atomic mass is 9.85. The van der Waals surface area contributed by atoms with Crippen molar-refractivity contribution in [3.05, 3.63) is 36.5 Å². The molecule has 0 radical (unpaired) electrons. The number of hydrogen-bond acceptors (Lipinski definition) is 12. The van der Waals surface area contributed by atoms with E-state index in [4.69, 9.17) is 18.5 Å². The number of esters is 2. The monoisotopic (exact) mass is 889 g/mol. The summed E-state index contributed by atoms with van der Waals surface area (Å²) in [4.78, 5) is 35.7. The molecule has 0 saturated heterocycles. The number of rotatable bonds is 39. The summed E-state index contributed by atoms with van der Waals surface area (Å²) in [5.74, 6) is -1.11. The van der Waals surface area contributed by atoms with Gasteiger partial charge in [-0.05, 0) is 64.2 Å². The standard InChI is InChI=1S/C47H85O13P/c1-3-5-7-9-11-13-15-17-19-20-22-23-25-27-29-31-33-35-40(48)57-37-39(38-58-61(55,56)60-47-45(53)43(51)42(50)44(52)46(47)54)59-41(49)36-34-32-30-28-26-24-21-18-16-14-12-10-8-6-4-2/h10-13,17,19,39,42-47,50-54H,3-9,14-16,18,20-38H2,1-2H3,(H,55,56)/b12-10+,13-11+,19-17+/t39-,42?,43-,44?,45?,46?,47?/m0/s1. The minimum Gasteiger partial charge on any atom is -0.462 e. The second-order valence-corrected chi connectivity index (χ2v) is 18.0. The first-order valence-electron chi connectivity index (χ1n) is 23.8. The molecule has 0 heterocycles. The number of carbonyl (C=O) groups excluding carboxylic acids is 2. The van der Waals surface area contributed by atoms with E-state index in [1.54, 1.807) is 0 Å². The van der Waals surface area contributed by atoms with Gasteiger partial charge >= 0.3 is 19.8 Å². The zero-order chi connectivity index (χ0) is 45.0. The number of aliphatic hydroxyl groups excluding tert-OH is 5. The van der Waals surface area contributed by atoms with Crippen molar-refractivity contribution in [2.75, 3.05) is 13.2 Å². The number of unbranched alkanes of at least 4 members (excludes halogenated alkanes) is 21. The highest BCUT2D eigenvalue weighted by molar-refractivity contribution is 7.47. The molecule has 0 aromatic rings. The van der Waals surface area contributed by atoms with Crippen molar-refractivity contribution in [1.82, 2.24) is 0 Å². The molecule has 14 heteroatoms. The summed E-state index contributed by atoms with van der Waals surface area (Å²) in [6.07, 6.45) is 29.0. The Morgan fingerprint density at radius 3 is 1.39 bits per heavy atom. The van der Waals surface area contributed by atoms with Crippen LogP contribution in [0.4, 0.5) is 0 Å². The van der Waals surface area contributed by atoms with Crippen molar-refractivity contribution >= 4 is 19.8 Å². The van der Waals surface area contributed by atoms with E-state index in [9.17, 15) is 44.6 Å². The Morgan fingerprint density at radius 2 is 0.902 bits per heavy atom. The topological polar surface area (TPSA) is 210 Å². The Kier molecular flexibility index (Phi) is 35.0. The molecule has 0 bridgehead atoms. The third kappa shape index (κ3) is 30.0. The minimum absolute atomic E-state index is 0.0929. The third-order valence-electron chi connectivity index (χ3n) is 11.0. The Morgan fingerprint density at radius 1 is 0.508 bits per heavy atom. The highest BCUT2D eigenvalue weighted by atomic mass is 31.2. The van der Waals surface area contributed by atoms with Gasteiger partial charge in [0.2, 0.25) is 0 Å². The van der Waals surface area contributed by atoms with Crippen LogP contribution in [-0.4, -0.2) is 98.3 Å². The molecule has 61 heavy (non-hydrogen) atoms. The lowest BCUT2D eigenvalue weighted by Gasteiger charge is -2.41. The van der Waals surface area contributed by atoms with Gasteiger partial charge in [0.15, 0.2) is 6.10 Å². The van der Waals surface area contributed by atoms with Crippen LogP contribution in [0.1, 0.15) is 194 Å². The zero-order valence-corrected chi connectivity index (χ0v) is 38.6. The number of ether oxygens (including phenoxy) is 2. The number of allylic oxidation sites excluding steroid dienone is 6. The number of phosphoric acid groups is 1. The summed E-state index contributed by atoms with van der Waals surface area (Å²) in [6.45, 7) is 3.24. The highest BCUT2D eigenvalue weighted by Crippen LogP contribution is 2.47. The third-order valence-corrected chi connectivity index (χ3v) is 11.9. The summed E-state index contributed by atoms with van der Waals surface area (Å²) in [7, 11) is -5.12. The van der Waals surface area contributed by atoms with Gasteiger partial charge in [0.05, 0.1) is 6.61 Å². The van der Waals surface area contributed by atoms with Gasteiger partial charge in [-0.25, -0.2) is 4.57 Å². The predicted octanol–water partition coefficient (Wildman–Crippen LogP) is 9.39. The number of phosphoric ester groups is 1. The lowest BCUT2D eigenvalue weighted by molar-refractivity contribution is -0.220. The van der Waals surface area contributed by atoms with Crippen molar-refractivity contribution in [2.24, 2.45) is 0 Å². The van der Waals surface area contributed by atoms with Gasteiger partial charge in [0.25, 0.3) is 0 Å². The first-order chi connectivity index (χ1) is 29.4. The summed E-state index contributed by atoms with van der Waals surface area (Å²) >= 11 is 0. The van der Waals surface area contributed by atoms with Crippen LogP contribution in [0.5, 0.6) is 0 Å². The molecule has 1 saturated carbocycles. The van der Waals surface area contributed by atoms with E-state index in [1.807, 2.05) is 0 Å². The molecule has 356 valence electrons. The first-order valence-corrected chi connectivity index (χ1v) is 25.3. The molecule has 0 spiro atoms. The Balaban J connectivity index is 2.44. The average Bonchev–Trinajstić information content (AvgIpc) is 3.24. The molecule has 1 aliphatic rings. The van der Waals surface area contributed by atoms with E-state index in [0.717, 1.165) is 77.0 Å². The molecule has 0 aromatic carbocycles. The van der Waals surface area contributed by atoms with Crippen molar-refractivity contribution in [2.45, 2.75) is 236 Å². The fraction of sp³-hybridized carbons (Fsp3) is 0.830. The second-order valence-electron chi connectivity index (χ2n) is 16.6. The molecular formula is C47H85O13P. The van der Waals surface area contributed by atoms with Crippen molar-refractivity contribution in [1.29, 1.82) is 0 Å². The van der Waals surface area contributed by atoms with Crippen LogP contribution in [0.15, 0.2) is 36.5 Å². The van der Waals surface area contributed by atoms with Crippen LogP contribution >= 0.6 is 7.82 Å².